The molecule has 19 heavy (non-hydrogen) atoms. The predicted octanol–water partition coefficient (Wildman–Crippen LogP) is 2.77. The predicted molar refractivity (Wildman–Crippen MR) is 75.4 cm³/mol. The highest BCUT2D eigenvalue weighted by molar-refractivity contribution is 5.82. The SMILES string of the molecule is Cn1ccc2cc(C3CCC(=O)CC3)ccc2c1=O. The van der Waals surface area contributed by atoms with Gasteiger partial charge in [-0.15, -0.1) is 0 Å². The smallest absolute Gasteiger partial charge is 0.258 e. The van der Waals surface area contributed by atoms with Crippen molar-refractivity contribution < 1.29 is 4.79 Å². The van der Waals surface area contributed by atoms with Gasteiger partial charge < -0.3 is 4.57 Å². The largest absolute Gasteiger partial charge is 0.318 e. The molecule has 1 aliphatic rings. The number of aromatic nitrogens is 1. The maximum atomic E-state index is 12.0. The Labute approximate surface area is 111 Å². The van der Waals surface area contributed by atoms with E-state index in [4.69, 9.17) is 0 Å². The summed E-state index contributed by atoms with van der Waals surface area (Å²) in [5.41, 5.74) is 1.30. The van der Waals surface area contributed by atoms with E-state index in [0.29, 0.717) is 24.5 Å². The van der Waals surface area contributed by atoms with Crippen molar-refractivity contribution in [3.63, 3.8) is 0 Å². The fourth-order valence-corrected chi connectivity index (χ4v) is 2.89. The van der Waals surface area contributed by atoms with Crippen LogP contribution in [0.25, 0.3) is 10.8 Å². The number of ketones is 1. The minimum atomic E-state index is 0.0443. The molecule has 98 valence electrons. The van der Waals surface area contributed by atoms with Crippen molar-refractivity contribution in [3.8, 4) is 0 Å². The van der Waals surface area contributed by atoms with Crippen molar-refractivity contribution >= 4 is 16.6 Å². The highest BCUT2D eigenvalue weighted by Gasteiger charge is 2.20. The van der Waals surface area contributed by atoms with Crippen LogP contribution in [0.1, 0.15) is 37.2 Å². The van der Waals surface area contributed by atoms with Gasteiger partial charge in [-0.2, -0.15) is 0 Å². The highest BCUT2D eigenvalue weighted by Crippen LogP contribution is 2.32. The molecule has 0 aliphatic heterocycles. The van der Waals surface area contributed by atoms with Crippen LogP contribution in [0.15, 0.2) is 35.3 Å². The van der Waals surface area contributed by atoms with E-state index >= 15 is 0 Å². The molecular weight excluding hydrogens is 238 g/mol. The zero-order valence-electron chi connectivity index (χ0n) is 11.1. The first-order chi connectivity index (χ1) is 9.15. The molecule has 1 aliphatic carbocycles. The summed E-state index contributed by atoms with van der Waals surface area (Å²) in [6, 6.07) is 8.05. The van der Waals surface area contributed by atoms with Gasteiger partial charge in [-0.05, 0) is 41.8 Å². The number of hydrogen-bond donors (Lipinski definition) is 0. The molecule has 0 spiro atoms. The minimum absolute atomic E-state index is 0.0443. The Hall–Kier alpha value is -1.90. The average Bonchev–Trinajstić information content (AvgIpc) is 2.43. The molecule has 0 N–H and O–H groups in total. The number of benzene rings is 1. The third-order valence-electron chi connectivity index (χ3n) is 4.12. The Morgan fingerprint density at radius 2 is 1.84 bits per heavy atom. The monoisotopic (exact) mass is 255 g/mol. The number of Topliss-reactive ketones (excluding diaryl/α,β-unsaturated/α-hetero) is 1. The first kappa shape index (κ1) is 12.2. The summed E-state index contributed by atoms with van der Waals surface area (Å²) in [5, 5.41) is 1.76. The standard InChI is InChI=1S/C16H17NO2/c1-17-9-8-13-10-12(4-7-15(13)16(17)19)11-2-5-14(18)6-3-11/h4,7-11H,2-3,5-6H2,1H3. The van der Waals surface area contributed by atoms with Crippen molar-refractivity contribution in [1.29, 1.82) is 0 Å². The number of carbonyl (C=O) groups excluding carboxylic acids is 1. The van der Waals surface area contributed by atoms with Crippen molar-refractivity contribution in [2.75, 3.05) is 0 Å². The van der Waals surface area contributed by atoms with E-state index in [-0.39, 0.29) is 5.56 Å². The third-order valence-corrected chi connectivity index (χ3v) is 4.12. The first-order valence-corrected chi connectivity index (χ1v) is 6.76. The molecule has 1 heterocycles. The van der Waals surface area contributed by atoms with E-state index in [1.165, 1.54) is 5.56 Å². The van der Waals surface area contributed by atoms with Gasteiger partial charge in [0.25, 0.3) is 5.56 Å². The Bertz CT molecular complexity index is 689. The lowest BCUT2D eigenvalue weighted by atomic mass is 9.83. The van der Waals surface area contributed by atoms with E-state index in [1.807, 2.05) is 18.2 Å². The normalized spacial score (nSPS) is 17.0. The van der Waals surface area contributed by atoms with Crippen LogP contribution in [0.3, 0.4) is 0 Å². The molecular formula is C16H17NO2. The third kappa shape index (κ3) is 2.21. The number of rotatable bonds is 1. The van der Waals surface area contributed by atoms with Gasteiger partial charge in [0.05, 0.1) is 0 Å². The lowest BCUT2D eigenvalue weighted by Crippen LogP contribution is -2.16. The molecule has 1 saturated carbocycles. The molecule has 0 bridgehead atoms. The number of nitrogens with zero attached hydrogens (tertiary/aromatic N) is 1. The maximum absolute atomic E-state index is 12.0. The van der Waals surface area contributed by atoms with Crippen LogP contribution >= 0.6 is 0 Å². The van der Waals surface area contributed by atoms with Crippen molar-refractivity contribution in [2.24, 2.45) is 7.05 Å². The lowest BCUT2D eigenvalue weighted by Gasteiger charge is -2.21. The molecule has 0 saturated heterocycles. The number of fused-ring (bicyclic) bond motifs is 1. The van der Waals surface area contributed by atoms with Crippen molar-refractivity contribution in [3.05, 3.63) is 46.4 Å². The molecule has 0 atom stereocenters. The zero-order valence-corrected chi connectivity index (χ0v) is 11.1. The molecule has 3 heteroatoms. The second-order valence-electron chi connectivity index (χ2n) is 5.39. The lowest BCUT2D eigenvalue weighted by molar-refractivity contribution is -0.120. The number of hydrogen-bond acceptors (Lipinski definition) is 2. The fourth-order valence-electron chi connectivity index (χ4n) is 2.89. The Morgan fingerprint density at radius 1 is 1.11 bits per heavy atom. The van der Waals surface area contributed by atoms with Crippen molar-refractivity contribution in [2.45, 2.75) is 31.6 Å². The second-order valence-corrected chi connectivity index (χ2v) is 5.39. The van der Waals surface area contributed by atoms with Gasteiger partial charge in [0.15, 0.2) is 0 Å². The van der Waals surface area contributed by atoms with E-state index in [0.717, 1.165) is 23.6 Å². The average molecular weight is 255 g/mol. The summed E-state index contributed by atoms with van der Waals surface area (Å²) in [5.74, 6) is 0.845. The van der Waals surface area contributed by atoms with Gasteiger partial charge in [0, 0.05) is 31.5 Å². The molecule has 1 fully saturated rings. The Morgan fingerprint density at radius 3 is 2.58 bits per heavy atom. The molecule has 0 unspecified atom stereocenters. The molecule has 3 nitrogen and oxygen atoms in total. The number of pyridine rings is 1. The van der Waals surface area contributed by atoms with E-state index in [9.17, 15) is 9.59 Å². The molecule has 1 aromatic carbocycles. The Balaban J connectivity index is 2.00. The summed E-state index contributed by atoms with van der Waals surface area (Å²) >= 11 is 0. The summed E-state index contributed by atoms with van der Waals surface area (Å²) in [4.78, 5) is 23.3. The number of aryl methyl sites for hydroxylation is 1. The maximum Gasteiger partial charge on any atom is 0.258 e. The van der Waals surface area contributed by atoms with Crippen LogP contribution in [-0.2, 0) is 11.8 Å². The van der Waals surface area contributed by atoms with Gasteiger partial charge in [-0.3, -0.25) is 9.59 Å². The molecule has 0 radical (unpaired) electrons. The first-order valence-electron chi connectivity index (χ1n) is 6.76. The summed E-state index contributed by atoms with van der Waals surface area (Å²) in [6.07, 6.45) is 5.07. The van der Waals surface area contributed by atoms with Gasteiger partial charge in [0.1, 0.15) is 5.78 Å². The van der Waals surface area contributed by atoms with Crippen LogP contribution in [0.5, 0.6) is 0 Å². The summed E-state index contributed by atoms with van der Waals surface area (Å²) in [7, 11) is 1.77. The van der Waals surface area contributed by atoms with Gasteiger partial charge in [-0.25, -0.2) is 0 Å². The fraction of sp³-hybridized carbons (Fsp3) is 0.375. The van der Waals surface area contributed by atoms with Crippen LogP contribution in [0.4, 0.5) is 0 Å². The van der Waals surface area contributed by atoms with E-state index in [2.05, 4.69) is 6.07 Å². The molecule has 2 aromatic rings. The molecule has 3 rings (SSSR count). The topological polar surface area (TPSA) is 39.1 Å². The highest BCUT2D eigenvalue weighted by atomic mass is 16.1. The van der Waals surface area contributed by atoms with E-state index in [1.54, 1.807) is 17.8 Å². The summed E-state index contributed by atoms with van der Waals surface area (Å²) < 4.78 is 1.60. The van der Waals surface area contributed by atoms with Crippen LogP contribution < -0.4 is 5.56 Å². The molecule has 0 amide bonds. The van der Waals surface area contributed by atoms with Gasteiger partial charge >= 0.3 is 0 Å². The van der Waals surface area contributed by atoms with E-state index < -0.39 is 0 Å². The molecule has 1 aromatic heterocycles. The summed E-state index contributed by atoms with van der Waals surface area (Å²) in [6.45, 7) is 0. The quantitative estimate of drug-likeness (QED) is 0.786. The van der Waals surface area contributed by atoms with Crippen LogP contribution in [0, 0.1) is 0 Å². The van der Waals surface area contributed by atoms with Crippen molar-refractivity contribution in [1.82, 2.24) is 4.57 Å². The van der Waals surface area contributed by atoms with Crippen LogP contribution in [0.2, 0.25) is 0 Å². The zero-order chi connectivity index (χ0) is 13.4. The second kappa shape index (κ2) is 4.65. The minimum Gasteiger partial charge on any atom is -0.318 e. The number of carbonyl (C=O) groups is 1. The van der Waals surface area contributed by atoms with Gasteiger partial charge in [0.2, 0.25) is 0 Å². The Kier molecular flexibility index (Phi) is 2.97. The van der Waals surface area contributed by atoms with Crippen LogP contribution in [-0.4, -0.2) is 10.4 Å². The van der Waals surface area contributed by atoms with Gasteiger partial charge in [-0.1, -0.05) is 12.1 Å².